The Morgan fingerprint density at radius 2 is 1.63 bits per heavy atom. The molecule has 0 atom stereocenters. The van der Waals surface area contributed by atoms with Gasteiger partial charge in [-0.05, 0) is 73.7 Å². The minimum Gasteiger partial charge on any atom is -0.467 e. The van der Waals surface area contributed by atoms with Crippen LogP contribution >= 0.6 is 0 Å². The van der Waals surface area contributed by atoms with E-state index in [4.69, 9.17) is 19.9 Å². The number of hydrogen-bond acceptors (Lipinski definition) is 6. The second-order valence-electron chi connectivity index (χ2n) is 9.43. The standard InChI is InChI=1S/C32H32FN3O5/c1-3-6-25-28(30(34)37)27(21-11-13-22(14-12-21)31(38)35-19-24-7-5-18-41-24)29(32(39)40-4-2)26(36-25)17-10-20-8-15-23(33)16-9-20/h5,7-9,11-16,18H,3-4,6,10,17,19H2,1-2H3,(H2,34,37)(H,35,38). The van der Waals surface area contributed by atoms with Crippen LogP contribution in [0, 0.1) is 5.82 Å². The molecule has 0 aliphatic rings. The van der Waals surface area contributed by atoms with Gasteiger partial charge in [0.05, 0.1) is 41.9 Å². The van der Waals surface area contributed by atoms with E-state index in [9.17, 15) is 18.8 Å². The zero-order chi connectivity index (χ0) is 29.4. The van der Waals surface area contributed by atoms with E-state index >= 15 is 0 Å². The smallest absolute Gasteiger partial charge is 0.340 e. The van der Waals surface area contributed by atoms with Crippen molar-refractivity contribution in [3.63, 3.8) is 0 Å². The maximum Gasteiger partial charge on any atom is 0.340 e. The number of pyridine rings is 1. The van der Waals surface area contributed by atoms with E-state index in [0.29, 0.717) is 59.5 Å². The maximum absolute atomic E-state index is 13.4. The van der Waals surface area contributed by atoms with Crippen LogP contribution in [0.4, 0.5) is 4.39 Å². The second-order valence-corrected chi connectivity index (χ2v) is 9.43. The molecule has 0 fully saturated rings. The van der Waals surface area contributed by atoms with Gasteiger partial charge in [0.2, 0.25) is 0 Å². The molecule has 2 heterocycles. The van der Waals surface area contributed by atoms with E-state index in [1.165, 1.54) is 18.4 Å². The fourth-order valence-corrected chi connectivity index (χ4v) is 4.65. The van der Waals surface area contributed by atoms with Crippen molar-refractivity contribution < 1.29 is 27.9 Å². The summed E-state index contributed by atoms with van der Waals surface area (Å²) in [7, 11) is 0. The van der Waals surface area contributed by atoms with Gasteiger partial charge in [0.1, 0.15) is 11.6 Å². The van der Waals surface area contributed by atoms with Crippen LogP contribution < -0.4 is 11.1 Å². The number of carbonyl (C=O) groups excluding carboxylic acids is 3. The largest absolute Gasteiger partial charge is 0.467 e. The summed E-state index contributed by atoms with van der Waals surface area (Å²) in [5, 5.41) is 2.79. The van der Waals surface area contributed by atoms with Crippen LogP contribution in [0.3, 0.4) is 0 Å². The van der Waals surface area contributed by atoms with Gasteiger partial charge in [0.25, 0.3) is 11.8 Å². The molecule has 9 heteroatoms. The molecule has 0 bridgehead atoms. The molecule has 212 valence electrons. The summed E-state index contributed by atoms with van der Waals surface area (Å²) < 4.78 is 24.1. The predicted molar refractivity (Wildman–Crippen MR) is 152 cm³/mol. The van der Waals surface area contributed by atoms with Crippen molar-refractivity contribution in [1.29, 1.82) is 0 Å². The van der Waals surface area contributed by atoms with Crippen LogP contribution in [0.5, 0.6) is 0 Å². The van der Waals surface area contributed by atoms with Crippen molar-refractivity contribution in [2.24, 2.45) is 5.73 Å². The number of amides is 2. The highest BCUT2D eigenvalue weighted by Crippen LogP contribution is 2.33. The van der Waals surface area contributed by atoms with Crippen LogP contribution in [-0.2, 0) is 30.5 Å². The van der Waals surface area contributed by atoms with Gasteiger partial charge in [-0.25, -0.2) is 9.18 Å². The molecular weight excluding hydrogens is 525 g/mol. The lowest BCUT2D eigenvalue weighted by atomic mass is 9.89. The van der Waals surface area contributed by atoms with Crippen LogP contribution in [0.15, 0.2) is 71.3 Å². The Hall–Kier alpha value is -4.79. The summed E-state index contributed by atoms with van der Waals surface area (Å²) in [6, 6.07) is 16.2. The Kier molecular flexibility index (Phi) is 9.63. The van der Waals surface area contributed by atoms with Gasteiger partial charge in [-0.15, -0.1) is 0 Å². The number of furan rings is 1. The zero-order valence-electron chi connectivity index (χ0n) is 23.0. The molecule has 0 radical (unpaired) electrons. The van der Waals surface area contributed by atoms with Crippen LogP contribution in [0.1, 0.15) is 74.1 Å². The van der Waals surface area contributed by atoms with Gasteiger partial charge < -0.3 is 20.2 Å². The number of ether oxygens (including phenoxy) is 1. The van der Waals surface area contributed by atoms with Gasteiger partial charge in [-0.3, -0.25) is 14.6 Å². The minimum absolute atomic E-state index is 0.118. The number of carbonyl (C=O) groups is 3. The van der Waals surface area contributed by atoms with Crippen molar-refractivity contribution >= 4 is 17.8 Å². The average molecular weight is 558 g/mol. The summed E-state index contributed by atoms with van der Waals surface area (Å²) in [6.45, 7) is 4.00. The SMILES string of the molecule is CCCc1nc(CCc2ccc(F)cc2)c(C(=O)OCC)c(-c2ccc(C(=O)NCc3ccco3)cc2)c1C(N)=O. The third-order valence-corrected chi connectivity index (χ3v) is 6.56. The number of nitrogens with two attached hydrogens (primary N) is 1. The average Bonchev–Trinajstić information content (AvgIpc) is 3.49. The predicted octanol–water partition coefficient (Wildman–Crippen LogP) is 5.42. The van der Waals surface area contributed by atoms with Crippen molar-refractivity contribution in [3.8, 4) is 11.1 Å². The fraction of sp³-hybridized carbons (Fsp3) is 0.250. The summed E-state index contributed by atoms with van der Waals surface area (Å²) in [5.41, 5.74) is 9.22. The first-order valence-corrected chi connectivity index (χ1v) is 13.5. The quantitative estimate of drug-likeness (QED) is 0.224. The Morgan fingerprint density at radius 1 is 0.927 bits per heavy atom. The molecule has 4 rings (SSSR count). The van der Waals surface area contributed by atoms with E-state index in [2.05, 4.69) is 5.32 Å². The third kappa shape index (κ3) is 7.05. The highest BCUT2D eigenvalue weighted by molar-refractivity contribution is 6.08. The number of benzene rings is 2. The topological polar surface area (TPSA) is 125 Å². The number of nitrogens with one attached hydrogen (secondary N) is 1. The number of nitrogens with zero attached hydrogens (tertiary/aromatic N) is 1. The first kappa shape index (κ1) is 29.2. The first-order chi connectivity index (χ1) is 19.8. The lowest BCUT2D eigenvalue weighted by Crippen LogP contribution is -2.23. The number of aryl methyl sites for hydroxylation is 3. The van der Waals surface area contributed by atoms with Crippen molar-refractivity contribution in [1.82, 2.24) is 10.3 Å². The number of esters is 1. The second kappa shape index (κ2) is 13.5. The summed E-state index contributed by atoms with van der Waals surface area (Å²) in [4.78, 5) is 43.7. The van der Waals surface area contributed by atoms with Gasteiger partial charge in [-0.1, -0.05) is 37.6 Å². The van der Waals surface area contributed by atoms with Gasteiger partial charge in [-0.2, -0.15) is 0 Å². The number of aromatic nitrogens is 1. The summed E-state index contributed by atoms with van der Waals surface area (Å²) in [5.74, 6) is -1.37. The monoisotopic (exact) mass is 557 g/mol. The lowest BCUT2D eigenvalue weighted by molar-refractivity contribution is 0.0525. The zero-order valence-corrected chi connectivity index (χ0v) is 23.0. The van der Waals surface area contributed by atoms with E-state index in [-0.39, 0.29) is 36.0 Å². The lowest BCUT2D eigenvalue weighted by Gasteiger charge is -2.20. The Balaban J connectivity index is 1.79. The van der Waals surface area contributed by atoms with E-state index in [0.717, 1.165) is 5.56 Å². The molecule has 0 spiro atoms. The minimum atomic E-state index is -0.716. The third-order valence-electron chi connectivity index (χ3n) is 6.56. The van der Waals surface area contributed by atoms with Gasteiger partial charge in [0.15, 0.2) is 0 Å². The molecule has 41 heavy (non-hydrogen) atoms. The molecule has 3 N–H and O–H groups in total. The number of halogens is 1. The molecular formula is C32H32FN3O5. The van der Waals surface area contributed by atoms with E-state index < -0.39 is 11.9 Å². The molecule has 2 amide bonds. The Labute approximate surface area is 237 Å². The highest BCUT2D eigenvalue weighted by atomic mass is 19.1. The normalized spacial score (nSPS) is 10.8. The Bertz CT molecular complexity index is 1510. The van der Waals surface area contributed by atoms with E-state index in [1.54, 1.807) is 55.5 Å². The first-order valence-electron chi connectivity index (χ1n) is 13.5. The van der Waals surface area contributed by atoms with Crippen molar-refractivity contribution in [2.45, 2.75) is 46.1 Å². The van der Waals surface area contributed by atoms with Crippen molar-refractivity contribution in [2.75, 3.05) is 6.61 Å². The maximum atomic E-state index is 13.4. The molecule has 0 aliphatic carbocycles. The number of primary amides is 1. The number of hydrogen-bond donors (Lipinski definition) is 2. The molecule has 4 aromatic rings. The molecule has 0 saturated heterocycles. The molecule has 0 aliphatic heterocycles. The highest BCUT2D eigenvalue weighted by Gasteiger charge is 2.28. The fourth-order valence-electron chi connectivity index (χ4n) is 4.65. The van der Waals surface area contributed by atoms with Gasteiger partial charge in [0, 0.05) is 11.1 Å². The molecule has 2 aromatic carbocycles. The van der Waals surface area contributed by atoms with Crippen LogP contribution in [-0.4, -0.2) is 29.4 Å². The van der Waals surface area contributed by atoms with Crippen molar-refractivity contribution in [3.05, 3.63) is 112 Å². The molecule has 2 aromatic heterocycles. The number of rotatable bonds is 12. The van der Waals surface area contributed by atoms with E-state index in [1.807, 2.05) is 6.92 Å². The van der Waals surface area contributed by atoms with Crippen LogP contribution in [0.25, 0.3) is 11.1 Å². The Morgan fingerprint density at radius 3 is 2.24 bits per heavy atom. The summed E-state index contributed by atoms with van der Waals surface area (Å²) >= 11 is 0. The van der Waals surface area contributed by atoms with Crippen LogP contribution in [0.2, 0.25) is 0 Å². The van der Waals surface area contributed by atoms with Gasteiger partial charge >= 0.3 is 5.97 Å². The molecule has 0 unspecified atom stereocenters. The molecule has 0 saturated carbocycles. The molecule has 8 nitrogen and oxygen atoms in total. The summed E-state index contributed by atoms with van der Waals surface area (Å²) in [6.07, 6.45) is 3.51.